The van der Waals surface area contributed by atoms with Crippen molar-refractivity contribution in [3.8, 4) is 17.2 Å². The van der Waals surface area contributed by atoms with E-state index in [9.17, 15) is 9.18 Å². The van der Waals surface area contributed by atoms with Crippen LogP contribution in [0.1, 0.15) is 30.5 Å². The Labute approximate surface area is 152 Å². The highest BCUT2D eigenvalue weighted by molar-refractivity contribution is 5.76. The van der Waals surface area contributed by atoms with Gasteiger partial charge in [-0.25, -0.2) is 4.39 Å². The molecule has 2 aromatic rings. The number of benzene rings is 2. The number of fused-ring (bicyclic) bond motifs is 1. The minimum absolute atomic E-state index is 0.0939. The standard InChI is InChI=1S/C20H22FNO4/c1-13(15-5-7-17(24-2)16(21)12-15)22-20(23)8-4-14-3-6-18-19(11-14)26-10-9-25-18/h3,5-7,11-13H,4,8-10H2,1-2H3,(H,22,23). The lowest BCUT2D eigenvalue weighted by atomic mass is 10.1. The molecule has 6 heteroatoms. The first-order valence-electron chi connectivity index (χ1n) is 8.58. The smallest absolute Gasteiger partial charge is 0.220 e. The number of amides is 1. The van der Waals surface area contributed by atoms with Crippen LogP contribution in [-0.4, -0.2) is 26.2 Å². The van der Waals surface area contributed by atoms with Crippen LogP contribution in [0.25, 0.3) is 0 Å². The van der Waals surface area contributed by atoms with Gasteiger partial charge in [-0.2, -0.15) is 0 Å². The van der Waals surface area contributed by atoms with Crippen LogP contribution in [0.5, 0.6) is 17.2 Å². The van der Waals surface area contributed by atoms with Gasteiger partial charge in [-0.1, -0.05) is 12.1 Å². The lowest BCUT2D eigenvalue weighted by molar-refractivity contribution is -0.121. The van der Waals surface area contributed by atoms with Gasteiger partial charge in [0.2, 0.25) is 5.91 Å². The summed E-state index contributed by atoms with van der Waals surface area (Å²) in [5.74, 6) is 1.10. The summed E-state index contributed by atoms with van der Waals surface area (Å²) in [6.07, 6.45) is 0.925. The Morgan fingerprint density at radius 2 is 1.96 bits per heavy atom. The summed E-state index contributed by atoms with van der Waals surface area (Å²) in [5.41, 5.74) is 1.70. The predicted octanol–water partition coefficient (Wildman–Crippen LogP) is 3.42. The second-order valence-electron chi connectivity index (χ2n) is 6.16. The van der Waals surface area contributed by atoms with Gasteiger partial charge >= 0.3 is 0 Å². The molecule has 2 aromatic carbocycles. The van der Waals surface area contributed by atoms with Gasteiger partial charge in [0.05, 0.1) is 13.2 Å². The van der Waals surface area contributed by atoms with Crippen LogP contribution in [0, 0.1) is 5.82 Å². The maximum absolute atomic E-state index is 13.8. The first kappa shape index (κ1) is 18.0. The van der Waals surface area contributed by atoms with Gasteiger partial charge in [-0.3, -0.25) is 4.79 Å². The van der Waals surface area contributed by atoms with Crippen LogP contribution in [0.2, 0.25) is 0 Å². The Balaban J connectivity index is 1.54. The molecule has 1 N–H and O–H groups in total. The molecule has 3 rings (SSSR count). The lowest BCUT2D eigenvalue weighted by Gasteiger charge is -2.19. The first-order chi connectivity index (χ1) is 12.6. The number of carbonyl (C=O) groups is 1. The number of halogens is 1. The first-order valence-corrected chi connectivity index (χ1v) is 8.58. The van der Waals surface area contributed by atoms with Gasteiger partial charge in [-0.05, 0) is 48.7 Å². The minimum Gasteiger partial charge on any atom is -0.494 e. The van der Waals surface area contributed by atoms with Crippen LogP contribution in [-0.2, 0) is 11.2 Å². The molecule has 0 spiro atoms. The van der Waals surface area contributed by atoms with E-state index in [1.165, 1.54) is 13.2 Å². The van der Waals surface area contributed by atoms with Crippen molar-refractivity contribution in [2.24, 2.45) is 0 Å². The SMILES string of the molecule is COc1ccc(C(C)NC(=O)CCc2ccc3c(c2)OCCO3)cc1F. The Morgan fingerprint density at radius 3 is 2.69 bits per heavy atom. The Morgan fingerprint density at radius 1 is 1.19 bits per heavy atom. The van der Waals surface area contributed by atoms with Crippen molar-refractivity contribution in [3.63, 3.8) is 0 Å². The molecule has 138 valence electrons. The average molecular weight is 359 g/mol. The van der Waals surface area contributed by atoms with Gasteiger partial charge in [0.15, 0.2) is 23.1 Å². The number of aryl methyl sites for hydroxylation is 1. The monoisotopic (exact) mass is 359 g/mol. The van der Waals surface area contributed by atoms with E-state index in [4.69, 9.17) is 14.2 Å². The van der Waals surface area contributed by atoms with E-state index in [0.717, 1.165) is 17.1 Å². The van der Waals surface area contributed by atoms with E-state index in [1.807, 2.05) is 25.1 Å². The highest BCUT2D eigenvalue weighted by atomic mass is 19.1. The zero-order valence-corrected chi connectivity index (χ0v) is 14.9. The number of rotatable bonds is 6. The minimum atomic E-state index is -0.442. The normalized spacial score (nSPS) is 13.8. The van der Waals surface area contributed by atoms with Crippen molar-refractivity contribution in [3.05, 3.63) is 53.3 Å². The maximum Gasteiger partial charge on any atom is 0.220 e. The molecule has 1 aliphatic rings. The fourth-order valence-corrected chi connectivity index (χ4v) is 2.85. The van der Waals surface area contributed by atoms with E-state index < -0.39 is 5.82 Å². The van der Waals surface area contributed by atoms with Crippen LogP contribution in [0.4, 0.5) is 4.39 Å². The summed E-state index contributed by atoms with van der Waals surface area (Å²) in [5, 5.41) is 2.89. The second kappa shape index (κ2) is 8.08. The Bertz CT molecular complexity index is 793. The molecular weight excluding hydrogens is 337 g/mol. The molecule has 0 fully saturated rings. The van der Waals surface area contributed by atoms with Crippen molar-refractivity contribution < 1.29 is 23.4 Å². The zero-order valence-electron chi connectivity index (χ0n) is 14.9. The fourth-order valence-electron chi connectivity index (χ4n) is 2.85. The number of hydrogen-bond donors (Lipinski definition) is 1. The fraction of sp³-hybridized carbons (Fsp3) is 0.350. The van der Waals surface area contributed by atoms with Crippen LogP contribution in [0.3, 0.4) is 0 Å². The molecule has 5 nitrogen and oxygen atoms in total. The highest BCUT2D eigenvalue weighted by Gasteiger charge is 2.14. The molecular formula is C20H22FNO4. The molecule has 0 saturated carbocycles. The molecule has 0 saturated heterocycles. The van der Waals surface area contributed by atoms with E-state index in [0.29, 0.717) is 31.6 Å². The number of nitrogens with one attached hydrogen (secondary N) is 1. The third-order valence-electron chi connectivity index (χ3n) is 4.30. The molecule has 0 bridgehead atoms. The average Bonchev–Trinajstić information content (AvgIpc) is 2.66. The largest absolute Gasteiger partial charge is 0.494 e. The number of methoxy groups -OCH3 is 1. The van der Waals surface area contributed by atoms with Crippen molar-refractivity contribution in [2.45, 2.75) is 25.8 Å². The second-order valence-corrected chi connectivity index (χ2v) is 6.16. The molecule has 0 aromatic heterocycles. The highest BCUT2D eigenvalue weighted by Crippen LogP contribution is 2.31. The van der Waals surface area contributed by atoms with Crippen molar-refractivity contribution in [1.82, 2.24) is 5.32 Å². The van der Waals surface area contributed by atoms with E-state index in [1.54, 1.807) is 12.1 Å². The summed E-state index contributed by atoms with van der Waals surface area (Å²) in [6, 6.07) is 10.1. The van der Waals surface area contributed by atoms with Crippen molar-refractivity contribution >= 4 is 5.91 Å². The summed E-state index contributed by atoms with van der Waals surface area (Å²) >= 11 is 0. The van der Waals surface area contributed by atoms with Crippen LogP contribution in [0.15, 0.2) is 36.4 Å². The van der Waals surface area contributed by atoms with Crippen LogP contribution < -0.4 is 19.5 Å². The van der Waals surface area contributed by atoms with E-state index >= 15 is 0 Å². The molecule has 1 amide bonds. The molecule has 1 heterocycles. The summed E-state index contributed by atoms with van der Waals surface area (Å²) in [7, 11) is 1.42. The number of carbonyl (C=O) groups excluding carboxylic acids is 1. The molecule has 1 unspecified atom stereocenters. The van der Waals surface area contributed by atoms with Gasteiger partial charge in [0, 0.05) is 6.42 Å². The van der Waals surface area contributed by atoms with Gasteiger partial charge in [-0.15, -0.1) is 0 Å². The maximum atomic E-state index is 13.8. The summed E-state index contributed by atoms with van der Waals surface area (Å²) < 4.78 is 29.7. The van der Waals surface area contributed by atoms with Gasteiger partial charge in [0.25, 0.3) is 0 Å². The van der Waals surface area contributed by atoms with Gasteiger partial charge < -0.3 is 19.5 Å². The Hall–Kier alpha value is -2.76. The van der Waals surface area contributed by atoms with Crippen molar-refractivity contribution in [1.29, 1.82) is 0 Å². The molecule has 0 radical (unpaired) electrons. The summed E-state index contributed by atoms with van der Waals surface area (Å²) in [4.78, 5) is 12.2. The van der Waals surface area contributed by atoms with E-state index in [2.05, 4.69) is 5.32 Å². The topological polar surface area (TPSA) is 56.8 Å². The summed E-state index contributed by atoms with van der Waals surface area (Å²) in [6.45, 7) is 2.91. The third-order valence-corrected chi connectivity index (χ3v) is 4.30. The van der Waals surface area contributed by atoms with Gasteiger partial charge in [0.1, 0.15) is 13.2 Å². The molecule has 1 atom stereocenters. The Kier molecular flexibility index (Phi) is 5.61. The molecule has 26 heavy (non-hydrogen) atoms. The predicted molar refractivity (Wildman–Crippen MR) is 95.3 cm³/mol. The lowest BCUT2D eigenvalue weighted by Crippen LogP contribution is -2.26. The van der Waals surface area contributed by atoms with Crippen molar-refractivity contribution in [2.75, 3.05) is 20.3 Å². The number of ether oxygens (including phenoxy) is 3. The van der Waals surface area contributed by atoms with Crippen LogP contribution >= 0.6 is 0 Å². The molecule has 0 aliphatic carbocycles. The number of hydrogen-bond acceptors (Lipinski definition) is 4. The van der Waals surface area contributed by atoms with E-state index in [-0.39, 0.29) is 17.7 Å². The zero-order chi connectivity index (χ0) is 18.5. The molecule has 1 aliphatic heterocycles. The third kappa shape index (κ3) is 4.25. The quantitative estimate of drug-likeness (QED) is 0.859.